The van der Waals surface area contributed by atoms with Crippen molar-refractivity contribution >= 4 is 103 Å². The Bertz CT molecular complexity index is 2090. The summed E-state index contributed by atoms with van der Waals surface area (Å²) in [5.74, 6) is -1.06. The number of oxime groups is 2. The van der Waals surface area contributed by atoms with Crippen LogP contribution in [0.25, 0.3) is 0 Å². The van der Waals surface area contributed by atoms with E-state index in [1.807, 2.05) is 0 Å². The number of rotatable bonds is 0. The summed E-state index contributed by atoms with van der Waals surface area (Å²) in [6, 6.07) is 14.3. The van der Waals surface area contributed by atoms with Gasteiger partial charge in [0.1, 0.15) is 17.2 Å². The fourth-order valence-electron chi connectivity index (χ4n) is 5.04. The number of carbonyl (C=O) groups excluding carboxylic acids is 2. The lowest BCUT2D eigenvalue weighted by Gasteiger charge is -2.17. The predicted molar refractivity (Wildman–Crippen MR) is 208 cm³/mol. The molecule has 4 aliphatic heterocycles. The molecule has 4 aromatic rings. The smallest absolute Gasteiger partial charge is 0.269 e. The molecule has 0 aromatic heterocycles. The maximum Gasteiger partial charge on any atom is 0.269 e. The van der Waals surface area contributed by atoms with Gasteiger partial charge < -0.3 is 45.8 Å². The van der Waals surface area contributed by atoms with Crippen molar-refractivity contribution in [2.24, 2.45) is 10.3 Å². The Morgan fingerprint density at radius 2 is 1.15 bits per heavy atom. The van der Waals surface area contributed by atoms with Gasteiger partial charge in [-0.15, -0.1) is 0 Å². The van der Waals surface area contributed by atoms with Crippen molar-refractivity contribution < 1.29 is 44.8 Å². The first kappa shape index (κ1) is 39.5. The van der Waals surface area contributed by atoms with Crippen LogP contribution in [0.2, 0.25) is 0 Å². The van der Waals surface area contributed by atoms with Gasteiger partial charge in [-0.2, -0.15) is 0 Å². The summed E-state index contributed by atoms with van der Waals surface area (Å²) < 4.78 is 13.9. The molecule has 52 heavy (non-hydrogen) atoms. The molecule has 0 aliphatic carbocycles. The monoisotopic (exact) mass is 1030 g/mol. The molecule has 0 radical (unpaired) electrons. The average molecular weight is 1040 g/mol. The molecule has 0 spiro atoms. The largest absolute Gasteiger partial charge is 0.503 e. The molecule has 0 saturated heterocycles. The van der Waals surface area contributed by atoms with Gasteiger partial charge >= 0.3 is 0 Å². The lowest BCUT2D eigenvalue weighted by Crippen LogP contribution is -2.35. The highest BCUT2D eigenvalue weighted by Crippen LogP contribution is 2.44. The number of aliphatic hydroxyl groups excluding tert-OH is 1. The van der Waals surface area contributed by atoms with Crippen LogP contribution in [0, 0.1) is 0 Å². The van der Waals surface area contributed by atoms with E-state index < -0.39 is 17.9 Å². The van der Waals surface area contributed by atoms with Crippen molar-refractivity contribution in [3.05, 3.63) is 99.2 Å². The summed E-state index contributed by atoms with van der Waals surface area (Å²) >= 11 is 17.0. The summed E-state index contributed by atoms with van der Waals surface area (Å²) in [5, 5.41) is 63.5. The third-order valence-electron chi connectivity index (χ3n) is 7.67. The van der Waals surface area contributed by atoms with Crippen molar-refractivity contribution in [2.75, 3.05) is 13.1 Å². The van der Waals surface area contributed by atoms with E-state index in [0.29, 0.717) is 52.3 Å². The molecule has 1 atom stereocenters. The van der Waals surface area contributed by atoms with Gasteiger partial charge in [-0.1, -0.05) is 16.4 Å². The van der Waals surface area contributed by atoms with Crippen LogP contribution in [-0.4, -0.2) is 62.1 Å². The zero-order valence-electron chi connectivity index (χ0n) is 26.5. The van der Waals surface area contributed by atoms with E-state index in [1.165, 1.54) is 12.1 Å². The first-order valence-corrected chi connectivity index (χ1v) is 19.1. The number of nitrogens with zero attached hydrogens (tertiary/aromatic N) is 2. The van der Waals surface area contributed by atoms with Crippen LogP contribution in [0.1, 0.15) is 28.4 Å². The number of nitrogens with one attached hydrogen (secondary N) is 2. The molecule has 272 valence electrons. The average Bonchev–Trinajstić information content (AvgIpc) is 3.10. The number of ether oxygens (including phenoxy) is 2. The minimum atomic E-state index is -1.16. The maximum absolute atomic E-state index is 13.0. The molecule has 2 amide bonds. The topological polar surface area (TPSA) is 203 Å². The van der Waals surface area contributed by atoms with Crippen LogP contribution in [0.4, 0.5) is 0 Å². The molecule has 4 aliphatic rings. The minimum Gasteiger partial charge on any atom is -0.503 e. The third kappa shape index (κ3) is 9.45. The molecule has 0 fully saturated rings. The summed E-state index contributed by atoms with van der Waals surface area (Å²) in [6.45, 7) is -0.0700. The molecule has 13 nitrogen and oxygen atoms in total. The van der Waals surface area contributed by atoms with E-state index >= 15 is 0 Å². The van der Waals surface area contributed by atoms with Gasteiger partial charge in [0.15, 0.2) is 28.7 Å². The number of phenols is 2. The fourth-order valence-corrected chi connectivity index (χ4v) is 7.94. The molecule has 7 N–H and O–H groups in total. The Hall–Kier alpha value is -3.68. The van der Waals surface area contributed by atoms with E-state index in [-0.39, 0.29) is 70.6 Å². The second-order valence-electron chi connectivity index (χ2n) is 11.3. The number of aliphatic hydroxyl groups is 1. The molecule has 18 heteroatoms. The zero-order chi connectivity index (χ0) is 37.7. The molecular weight excluding hydrogens is 1010 g/mol. The van der Waals surface area contributed by atoms with E-state index in [2.05, 4.69) is 101 Å². The number of carbonyl (C=O) groups is 2. The molecule has 8 bridgehead atoms. The Morgan fingerprint density at radius 3 is 1.75 bits per heavy atom. The second-order valence-corrected chi connectivity index (χ2v) is 15.6. The lowest BCUT2D eigenvalue weighted by molar-refractivity contribution is -0.116. The Kier molecular flexibility index (Phi) is 13.2. The van der Waals surface area contributed by atoms with E-state index in [4.69, 9.17) is 9.47 Å². The molecule has 1 unspecified atom stereocenters. The molecule has 4 aromatic carbocycles. The fraction of sp³-hybridized carbons (Fsp3) is 0.176. The second kappa shape index (κ2) is 17.4. The van der Waals surface area contributed by atoms with Crippen molar-refractivity contribution in [3.8, 4) is 34.5 Å². The minimum absolute atomic E-state index is 0.00238. The number of phenolic OH excluding ortho intramolecular Hbond substituents is 2. The first-order chi connectivity index (χ1) is 24.8. The van der Waals surface area contributed by atoms with Gasteiger partial charge in [-0.3, -0.25) is 9.59 Å². The Balaban J connectivity index is 1.49. The Labute approximate surface area is 338 Å². The van der Waals surface area contributed by atoms with Gasteiger partial charge in [0.2, 0.25) is 0 Å². The predicted octanol–water partition coefficient (Wildman–Crippen LogP) is 7.76. The normalized spacial score (nSPS) is 17.5. The number of aromatic hydroxyl groups is 2. The molecular formula is C34H27Br5N4O9. The highest BCUT2D eigenvalue weighted by atomic mass is 79.9. The van der Waals surface area contributed by atoms with Gasteiger partial charge in [0, 0.05) is 25.9 Å². The van der Waals surface area contributed by atoms with Gasteiger partial charge in [0.25, 0.3) is 11.8 Å². The van der Waals surface area contributed by atoms with Crippen LogP contribution in [-0.2, 0) is 28.9 Å². The highest BCUT2D eigenvalue weighted by Gasteiger charge is 2.22. The van der Waals surface area contributed by atoms with Crippen molar-refractivity contribution in [2.45, 2.75) is 25.4 Å². The van der Waals surface area contributed by atoms with Crippen LogP contribution in [0.15, 0.2) is 87.3 Å². The molecule has 4 heterocycles. The van der Waals surface area contributed by atoms with Gasteiger partial charge in [0.05, 0.1) is 28.5 Å². The zero-order valence-corrected chi connectivity index (χ0v) is 34.4. The highest BCUT2D eigenvalue weighted by molar-refractivity contribution is 9.11. The number of hydrogen-bond acceptors (Lipinski definition) is 11. The van der Waals surface area contributed by atoms with Crippen LogP contribution in [0.5, 0.6) is 34.5 Å². The van der Waals surface area contributed by atoms with Crippen molar-refractivity contribution in [1.82, 2.24) is 10.6 Å². The summed E-state index contributed by atoms with van der Waals surface area (Å²) in [7, 11) is 0. The van der Waals surface area contributed by atoms with Crippen LogP contribution in [0.3, 0.4) is 0 Å². The lowest BCUT2D eigenvalue weighted by atomic mass is 10.1. The summed E-state index contributed by atoms with van der Waals surface area (Å²) in [5.41, 5.74) is 1.69. The number of benzene rings is 4. The molecule has 0 saturated carbocycles. The van der Waals surface area contributed by atoms with Crippen LogP contribution >= 0.6 is 79.6 Å². The van der Waals surface area contributed by atoms with Crippen LogP contribution < -0.4 is 20.1 Å². The maximum atomic E-state index is 13.0. The first-order valence-electron chi connectivity index (χ1n) is 15.1. The van der Waals surface area contributed by atoms with E-state index in [0.717, 1.165) is 0 Å². The summed E-state index contributed by atoms with van der Waals surface area (Å²) in [6.07, 6.45) is -1.06. The van der Waals surface area contributed by atoms with E-state index in [1.54, 1.807) is 42.5 Å². The number of amides is 2. The number of halogens is 5. The third-order valence-corrected chi connectivity index (χ3v) is 10.7. The quantitative estimate of drug-likeness (QED) is 0.0679. The Morgan fingerprint density at radius 1 is 0.635 bits per heavy atom. The van der Waals surface area contributed by atoms with E-state index in [9.17, 15) is 35.3 Å². The van der Waals surface area contributed by atoms with Gasteiger partial charge in [-0.25, -0.2) is 0 Å². The molecule has 8 rings (SSSR count). The van der Waals surface area contributed by atoms with Crippen molar-refractivity contribution in [1.29, 1.82) is 0 Å². The number of hydrogen-bond donors (Lipinski definition) is 7. The van der Waals surface area contributed by atoms with Crippen molar-refractivity contribution in [3.63, 3.8) is 0 Å². The standard InChI is InChI=1S/C34H27Br5N4O9/c35-19-13-18-1-2-27(19)51-28-11-15(5-20(36)30(28)45)3-4-40-33(47)24(42-49)9-16-7-22(38)32(23(39)8-16)52-29-12-17(6-21(37)31(29)46)10-25(43-50)34(48)41-14-26(18)44/h1-2,5-8,11-13,26,44-46,49-50H,3-4,9-10,14H2,(H,40,47)(H,41,48)/b42-24-,43-25-. The van der Waals surface area contributed by atoms with Gasteiger partial charge in [-0.05, 0) is 157 Å². The summed E-state index contributed by atoms with van der Waals surface area (Å²) in [4.78, 5) is 26.0. The SMILES string of the molecule is O=C1NCCc2cc(Br)c(O)c(c2)Oc2ccc(cc2Br)C(O)CNC(=O)/C(=N\O)Cc2cc(Br)c(O)c(c2)Oc2c(Br)cc(cc2Br)C/C1=N/O.